The smallest absolute Gasteiger partial charge is 0.224 e. The van der Waals surface area contributed by atoms with Crippen LogP contribution in [-0.4, -0.2) is 37.0 Å². The van der Waals surface area contributed by atoms with Crippen molar-refractivity contribution >= 4 is 11.6 Å². The molecule has 1 saturated heterocycles. The largest absolute Gasteiger partial charge is 0.308 e. The molecule has 0 aliphatic carbocycles. The molecule has 1 heterocycles. The van der Waals surface area contributed by atoms with Crippen LogP contribution in [0.4, 0.5) is 5.69 Å². The Bertz CT molecular complexity index is 363. The molecule has 1 aliphatic rings. The standard InChI is InChI=1S/C13H18N2O/c1-11(16)15(12-6-4-3-5-7-12)13-8-9-14(2)10-13/h3-7,13H,8-10H2,1-2H3. The lowest BCUT2D eigenvalue weighted by atomic mass is 10.2. The summed E-state index contributed by atoms with van der Waals surface area (Å²) in [6.45, 7) is 3.68. The number of amides is 1. The minimum Gasteiger partial charge on any atom is -0.308 e. The quantitative estimate of drug-likeness (QED) is 0.755. The number of para-hydroxylation sites is 1. The van der Waals surface area contributed by atoms with Crippen LogP contribution in [-0.2, 0) is 4.79 Å². The second-order valence-corrected chi connectivity index (χ2v) is 4.43. The number of hydrogen-bond acceptors (Lipinski definition) is 2. The second-order valence-electron chi connectivity index (χ2n) is 4.43. The van der Waals surface area contributed by atoms with Gasteiger partial charge in [-0.2, -0.15) is 0 Å². The van der Waals surface area contributed by atoms with Crippen LogP contribution in [0.5, 0.6) is 0 Å². The SMILES string of the molecule is CC(=O)N(c1ccccc1)C1CCN(C)C1. The maximum atomic E-state index is 11.7. The van der Waals surface area contributed by atoms with E-state index in [1.807, 2.05) is 35.2 Å². The number of carbonyl (C=O) groups excluding carboxylic acids is 1. The molecule has 1 fully saturated rings. The zero-order chi connectivity index (χ0) is 11.5. The molecular weight excluding hydrogens is 200 g/mol. The minimum absolute atomic E-state index is 0.131. The van der Waals surface area contributed by atoms with E-state index in [0.717, 1.165) is 25.2 Å². The number of hydrogen-bond donors (Lipinski definition) is 0. The summed E-state index contributed by atoms with van der Waals surface area (Å²) in [6.07, 6.45) is 1.06. The summed E-state index contributed by atoms with van der Waals surface area (Å²) in [5.74, 6) is 0.131. The number of likely N-dealkylation sites (N-methyl/N-ethyl adjacent to an activating group) is 1. The molecule has 0 saturated carbocycles. The first-order valence-electron chi connectivity index (χ1n) is 5.72. The van der Waals surface area contributed by atoms with Crippen molar-refractivity contribution in [3.8, 4) is 0 Å². The molecular formula is C13H18N2O. The van der Waals surface area contributed by atoms with Crippen LogP contribution in [0, 0.1) is 0 Å². The van der Waals surface area contributed by atoms with Crippen LogP contribution in [0.2, 0.25) is 0 Å². The lowest BCUT2D eigenvalue weighted by Crippen LogP contribution is -2.40. The van der Waals surface area contributed by atoms with Gasteiger partial charge in [0.2, 0.25) is 5.91 Å². The lowest BCUT2D eigenvalue weighted by Gasteiger charge is -2.27. The first-order valence-corrected chi connectivity index (χ1v) is 5.72. The predicted molar refractivity (Wildman–Crippen MR) is 65.5 cm³/mol. The Balaban J connectivity index is 2.21. The van der Waals surface area contributed by atoms with E-state index in [9.17, 15) is 4.79 Å². The molecule has 1 atom stereocenters. The maximum absolute atomic E-state index is 11.7. The molecule has 1 aromatic rings. The van der Waals surface area contributed by atoms with E-state index < -0.39 is 0 Å². The van der Waals surface area contributed by atoms with E-state index in [4.69, 9.17) is 0 Å². The van der Waals surface area contributed by atoms with E-state index in [0.29, 0.717) is 6.04 Å². The van der Waals surface area contributed by atoms with Gasteiger partial charge in [-0.25, -0.2) is 0 Å². The highest BCUT2D eigenvalue weighted by Crippen LogP contribution is 2.22. The third-order valence-corrected chi connectivity index (χ3v) is 3.11. The number of benzene rings is 1. The molecule has 1 amide bonds. The fourth-order valence-electron chi connectivity index (χ4n) is 2.36. The second kappa shape index (κ2) is 4.66. The van der Waals surface area contributed by atoms with Gasteiger partial charge in [0.15, 0.2) is 0 Å². The van der Waals surface area contributed by atoms with Crippen LogP contribution in [0.3, 0.4) is 0 Å². The van der Waals surface area contributed by atoms with E-state index in [1.165, 1.54) is 0 Å². The summed E-state index contributed by atoms with van der Waals surface area (Å²) in [7, 11) is 2.10. The number of anilines is 1. The Morgan fingerprint density at radius 2 is 2.06 bits per heavy atom. The number of rotatable bonds is 2. The van der Waals surface area contributed by atoms with Gasteiger partial charge in [-0.3, -0.25) is 4.79 Å². The lowest BCUT2D eigenvalue weighted by molar-refractivity contribution is -0.117. The van der Waals surface area contributed by atoms with Crippen molar-refractivity contribution < 1.29 is 4.79 Å². The molecule has 3 nitrogen and oxygen atoms in total. The monoisotopic (exact) mass is 218 g/mol. The Kier molecular flexibility index (Phi) is 3.25. The van der Waals surface area contributed by atoms with Crippen LogP contribution in [0.25, 0.3) is 0 Å². The normalized spacial score (nSPS) is 21.0. The predicted octanol–water partition coefficient (Wildman–Crippen LogP) is 1.74. The van der Waals surface area contributed by atoms with Crippen LogP contribution < -0.4 is 4.90 Å². The summed E-state index contributed by atoms with van der Waals surface area (Å²) in [6, 6.07) is 10.3. The number of carbonyl (C=O) groups is 1. The molecule has 1 aromatic carbocycles. The van der Waals surface area contributed by atoms with Gasteiger partial charge < -0.3 is 9.80 Å². The van der Waals surface area contributed by atoms with Gasteiger partial charge in [-0.1, -0.05) is 18.2 Å². The van der Waals surface area contributed by atoms with Crippen LogP contribution in [0.1, 0.15) is 13.3 Å². The summed E-state index contributed by atoms with van der Waals surface area (Å²) >= 11 is 0. The molecule has 2 rings (SSSR count). The first-order chi connectivity index (χ1) is 7.68. The third-order valence-electron chi connectivity index (χ3n) is 3.11. The minimum atomic E-state index is 0.131. The third kappa shape index (κ3) is 2.25. The highest BCUT2D eigenvalue weighted by molar-refractivity contribution is 5.92. The van der Waals surface area contributed by atoms with E-state index in [-0.39, 0.29) is 5.91 Å². The Hall–Kier alpha value is -1.35. The van der Waals surface area contributed by atoms with Gasteiger partial charge in [0.05, 0.1) is 6.04 Å². The van der Waals surface area contributed by atoms with E-state index >= 15 is 0 Å². The molecule has 3 heteroatoms. The molecule has 1 unspecified atom stereocenters. The summed E-state index contributed by atoms with van der Waals surface area (Å²) < 4.78 is 0. The Morgan fingerprint density at radius 3 is 2.56 bits per heavy atom. The van der Waals surface area contributed by atoms with Gasteiger partial charge in [0.1, 0.15) is 0 Å². The summed E-state index contributed by atoms with van der Waals surface area (Å²) in [4.78, 5) is 15.9. The van der Waals surface area contributed by atoms with Crippen LogP contribution >= 0.6 is 0 Å². The fourth-order valence-corrected chi connectivity index (χ4v) is 2.36. The van der Waals surface area contributed by atoms with Gasteiger partial charge in [-0.15, -0.1) is 0 Å². The Labute approximate surface area is 96.7 Å². The van der Waals surface area contributed by atoms with Crippen molar-refractivity contribution in [2.45, 2.75) is 19.4 Å². The summed E-state index contributed by atoms with van der Waals surface area (Å²) in [5, 5.41) is 0. The summed E-state index contributed by atoms with van der Waals surface area (Å²) in [5.41, 5.74) is 1.01. The average Bonchev–Trinajstić information content (AvgIpc) is 2.66. The topological polar surface area (TPSA) is 23.6 Å². The molecule has 0 bridgehead atoms. The van der Waals surface area contributed by atoms with E-state index in [2.05, 4.69) is 11.9 Å². The van der Waals surface area contributed by atoms with Gasteiger partial charge >= 0.3 is 0 Å². The highest BCUT2D eigenvalue weighted by atomic mass is 16.2. The molecule has 0 aromatic heterocycles. The van der Waals surface area contributed by atoms with Crippen molar-refractivity contribution in [1.82, 2.24) is 4.90 Å². The molecule has 1 aliphatic heterocycles. The van der Waals surface area contributed by atoms with Gasteiger partial charge in [-0.05, 0) is 32.1 Å². The van der Waals surface area contributed by atoms with Crippen molar-refractivity contribution in [2.24, 2.45) is 0 Å². The zero-order valence-corrected chi connectivity index (χ0v) is 9.89. The maximum Gasteiger partial charge on any atom is 0.224 e. The fraction of sp³-hybridized carbons (Fsp3) is 0.462. The van der Waals surface area contributed by atoms with E-state index in [1.54, 1.807) is 6.92 Å². The molecule has 16 heavy (non-hydrogen) atoms. The van der Waals surface area contributed by atoms with Crippen molar-refractivity contribution in [1.29, 1.82) is 0 Å². The van der Waals surface area contributed by atoms with Crippen molar-refractivity contribution in [3.63, 3.8) is 0 Å². The molecule has 0 N–H and O–H groups in total. The first kappa shape index (κ1) is 11.1. The van der Waals surface area contributed by atoms with Gasteiger partial charge in [0, 0.05) is 19.2 Å². The average molecular weight is 218 g/mol. The molecule has 0 radical (unpaired) electrons. The van der Waals surface area contributed by atoms with Crippen LogP contribution in [0.15, 0.2) is 30.3 Å². The molecule has 86 valence electrons. The highest BCUT2D eigenvalue weighted by Gasteiger charge is 2.28. The van der Waals surface area contributed by atoms with Gasteiger partial charge in [0.25, 0.3) is 0 Å². The molecule has 0 spiro atoms. The zero-order valence-electron chi connectivity index (χ0n) is 9.89. The van der Waals surface area contributed by atoms with Crippen molar-refractivity contribution in [3.05, 3.63) is 30.3 Å². The Morgan fingerprint density at radius 1 is 1.38 bits per heavy atom. The number of nitrogens with zero attached hydrogens (tertiary/aromatic N) is 2. The van der Waals surface area contributed by atoms with Crippen molar-refractivity contribution in [2.75, 3.05) is 25.0 Å². The number of likely N-dealkylation sites (tertiary alicyclic amines) is 1.